The van der Waals surface area contributed by atoms with Crippen LogP contribution in [0.1, 0.15) is 31.9 Å². The second kappa shape index (κ2) is 4.07. The predicted molar refractivity (Wildman–Crippen MR) is 64.7 cm³/mol. The molecule has 0 saturated heterocycles. The molecule has 3 N–H and O–H groups in total. The molecular weight excluding hydrogens is 184 g/mol. The lowest BCUT2D eigenvalue weighted by Gasteiger charge is -2.18. The van der Waals surface area contributed by atoms with Crippen LogP contribution in [0, 0.1) is 5.92 Å². The fourth-order valence-electron chi connectivity index (χ4n) is 1.86. The molecule has 1 heterocycles. The summed E-state index contributed by atoms with van der Waals surface area (Å²) in [4.78, 5) is 3.19. The normalized spacial score (nSPS) is 15.4. The highest BCUT2D eigenvalue weighted by atomic mass is 14.7. The number of aromatic amines is 1. The minimum atomic E-state index is 0.147. The number of rotatable bonds is 3. The van der Waals surface area contributed by atoms with Gasteiger partial charge in [-0.05, 0) is 35.1 Å². The van der Waals surface area contributed by atoms with E-state index in [2.05, 4.69) is 43.1 Å². The third-order valence-corrected chi connectivity index (χ3v) is 3.22. The number of benzene rings is 1. The molecule has 0 fully saturated rings. The molecule has 80 valence electrons. The van der Waals surface area contributed by atoms with Gasteiger partial charge < -0.3 is 10.7 Å². The number of H-pyrrole nitrogens is 1. The SMILES string of the molecule is CCC(C)[C@H](N)c1ccc2[nH]ccc2c1. The van der Waals surface area contributed by atoms with Gasteiger partial charge in [0.15, 0.2) is 0 Å². The summed E-state index contributed by atoms with van der Waals surface area (Å²) >= 11 is 0. The highest BCUT2D eigenvalue weighted by Gasteiger charge is 2.13. The van der Waals surface area contributed by atoms with Crippen LogP contribution in [0.25, 0.3) is 10.9 Å². The van der Waals surface area contributed by atoms with Crippen molar-refractivity contribution < 1.29 is 0 Å². The maximum Gasteiger partial charge on any atom is 0.0454 e. The van der Waals surface area contributed by atoms with Gasteiger partial charge in [0.25, 0.3) is 0 Å². The van der Waals surface area contributed by atoms with E-state index in [4.69, 9.17) is 5.73 Å². The van der Waals surface area contributed by atoms with Crippen LogP contribution in [0.4, 0.5) is 0 Å². The molecule has 0 saturated carbocycles. The lowest BCUT2D eigenvalue weighted by atomic mass is 9.93. The highest BCUT2D eigenvalue weighted by Crippen LogP contribution is 2.24. The van der Waals surface area contributed by atoms with Crippen LogP contribution >= 0.6 is 0 Å². The molecular formula is C13H18N2. The van der Waals surface area contributed by atoms with Gasteiger partial charge in [-0.2, -0.15) is 0 Å². The second-order valence-electron chi connectivity index (χ2n) is 4.24. The van der Waals surface area contributed by atoms with E-state index in [-0.39, 0.29) is 6.04 Å². The van der Waals surface area contributed by atoms with Gasteiger partial charge in [0, 0.05) is 17.8 Å². The Morgan fingerprint density at radius 3 is 2.87 bits per heavy atom. The lowest BCUT2D eigenvalue weighted by Crippen LogP contribution is -2.18. The van der Waals surface area contributed by atoms with Crippen LogP contribution in [0.5, 0.6) is 0 Å². The molecule has 2 atom stereocenters. The van der Waals surface area contributed by atoms with Crippen molar-refractivity contribution in [3.63, 3.8) is 0 Å². The summed E-state index contributed by atoms with van der Waals surface area (Å²) in [5, 5.41) is 1.24. The van der Waals surface area contributed by atoms with Crippen molar-refractivity contribution in [3.8, 4) is 0 Å². The van der Waals surface area contributed by atoms with E-state index in [0.29, 0.717) is 5.92 Å². The second-order valence-corrected chi connectivity index (χ2v) is 4.24. The first-order chi connectivity index (χ1) is 7.22. The summed E-state index contributed by atoms with van der Waals surface area (Å²) in [6.45, 7) is 4.38. The maximum absolute atomic E-state index is 6.20. The number of aromatic nitrogens is 1. The smallest absolute Gasteiger partial charge is 0.0454 e. The molecule has 0 spiro atoms. The van der Waals surface area contributed by atoms with Crippen molar-refractivity contribution in [1.29, 1.82) is 0 Å². The Hall–Kier alpha value is -1.28. The molecule has 2 aromatic rings. The zero-order valence-corrected chi connectivity index (χ0v) is 9.33. The van der Waals surface area contributed by atoms with Crippen molar-refractivity contribution >= 4 is 10.9 Å². The quantitative estimate of drug-likeness (QED) is 0.788. The Bertz CT molecular complexity index is 444. The molecule has 1 aromatic carbocycles. The zero-order chi connectivity index (χ0) is 10.8. The fourth-order valence-corrected chi connectivity index (χ4v) is 1.86. The lowest BCUT2D eigenvalue weighted by molar-refractivity contribution is 0.457. The van der Waals surface area contributed by atoms with Gasteiger partial charge in [0.05, 0.1) is 0 Å². The van der Waals surface area contributed by atoms with Crippen LogP contribution in [-0.2, 0) is 0 Å². The molecule has 0 amide bonds. The first-order valence-electron chi connectivity index (χ1n) is 5.55. The molecule has 2 rings (SSSR count). The minimum Gasteiger partial charge on any atom is -0.361 e. The molecule has 0 aliphatic rings. The summed E-state index contributed by atoms with van der Waals surface area (Å²) in [5.41, 5.74) is 8.61. The van der Waals surface area contributed by atoms with E-state index >= 15 is 0 Å². The van der Waals surface area contributed by atoms with Crippen molar-refractivity contribution in [1.82, 2.24) is 4.98 Å². The number of fused-ring (bicyclic) bond motifs is 1. The Morgan fingerprint density at radius 2 is 2.13 bits per heavy atom. The molecule has 1 unspecified atom stereocenters. The number of hydrogen-bond donors (Lipinski definition) is 2. The summed E-state index contributed by atoms with van der Waals surface area (Å²) in [5.74, 6) is 0.529. The van der Waals surface area contributed by atoms with Crippen LogP contribution in [0.15, 0.2) is 30.5 Å². The van der Waals surface area contributed by atoms with E-state index in [9.17, 15) is 0 Å². The number of nitrogens with one attached hydrogen (secondary N) is 1. The van der Waals surface area contributed by atoms with Gasteiger partial charge in [-0.25, -0.2) is 0 Å². The monoisotopic (exact) mass is 202 g/mol. The highest BCUT2D eigenvalue weighted by molar-refractivity contribution is 5.80. The summed E-state index contributed by atoms with van der Waals surface area (Å²) in [7, 11) is 0. The van der Waals surface area contributed by atoms with Crippen molar-refractivity contribution in [2.75, 3.05) is 0 Å². The number of nitrogens with two attached hydrogens (primary N) is 1. The Kier molecular flexibility index (Phi) is 2.78. The first kappa shape index (κ1) is 10.2. The van der Waals surface area contributed by atoms with Crippen molar-refractivity contribution in [2.45, 2.75) is 26.3 Å². The average molecular weight is 202 g/mol. The molecule has 0 aliphatic carbocycles. The Labute approximate surface area is 90.5 Å². The molecule has 0 bridgehead atoms. The molecule has 15 heavy (non-hydrogen) atoms. The van der Waals surface area contributed by atoms with E-state index in [1.807, 2.05) is 6.20 Å². The largest absolute Gasteiger partial charge is 0.361 e. The van der Waals surface area contributed by atoms with E-state index in [0.717, 1.165) is 6.42 Å². The molecule has 2 nitrogen and oxygen atoms in total. The molecule has 0 aliphatic heterocycles. The van der Waals surface area contributed by atoms with Crippen molar-refractivity contribution in [3.05, 3.63) is 36.0 Å². The standard InChI is InChI=1S/C13H18N2/c1-3-9(2)13(14)11-4-5-12-10(8-11)6-7-15-12/h4-9,13,15H,3,14H2,1-2H3/t9?,13-/m0/s1. The van der Waals surface area contributed by atoms with Gasteiger partial charge >= 0.3 is 0 Å². The topological polar surface area (TPSA) is 41.8 Å². The molecule has 0 radical (unpaired) electrons. The number of hydrogen-bond acceptors (Lipinski definition) is 1. The van der Waals surface area contributed by atoms with E-state index in [1.165, 1.54) is 16.5 Å². The Balaban J connectivity index is 2.35. The van der Waals surface area contributed by atoms with Gasteiger partial charge in [-0.3, -0.25) is 0 Å². The summed E-state index contributed by atoms with van der Waals surface area (Å²) < 4.78 is 0. The van der Waals surface area contributed by atoms with Gasteiger partial charge in [-0.1, -0.05) is 26.3 Å². The van der Waals surface area contributed by atoms with Crippen LogP contribution in [0.2, 0.25) is 0 Å². The van der Waals surface area contributed by atoms with Crippen LogP contribution in [0.3, 0.4) is 0 Å². The minimum absolute atomic E-state index is 0.147. The van der Waals surface area contributed by atoms with Crippen molar-refractivity contribution in [2.24, 2.45) is 11.7 Å². The third kappa shape index (κ3) is 1.90. The maximum atomic E-state index is 6.20. The van der Waals surface area contributed by atoms with Crippen LogP contribution in [-0.4, -0.2) is 4.98 Å². The van der Waals surface area contributed by atoms with E-state index in [1.54, 1.807) is 0 Å². The van der Waals surface area contributed by atoms with E-state index < -0.39 is 0 Å². The summed E-state index contributed by atoms with van der Waals surface area (Å²) in [6.07, 6.45) is 3.08. The van der Waals surface area contributed by atoms with Gasteiger partial charge in [-0.15, -0.1) is 0 Å². The Morgan fingerprint density at radius 1 is 1.33 bits per heavy atom. The molecule has 2 heteroatoms. The zero-order valence-electron chi connectivity index (χ0n) is 9.33. The van der Waals surface area contributed by atoms with Gasteiger partial charge in [0.1, 0.15) is 0 Å². The fraction of sp³-hybridized carbons (Fsp3) is 0.385. The third-order valence-electron chi connectivity index (χ3n) is 3.22. The van der Waals surface area contributed by atoms with Gasteiger partial charge in [0.2, 0.25) is 0 Å². The predicted octanol–water partition coefficient (Wildman–Crippen LogP) is 3.21. The molecule has 1 aromatic heterocycles. The first-order valence-corrected chi connectivity index (χ1v) is 5.55. The summed E-state index contributed by atoms with van der Waals surface area (Å²) in [6, 6.07) is 8.64. The van der Waals surface area contributed by atoms with Crippen LogP contribution < -0.4 is 5.73 Å². The average Bonchev–Trinajstić information content (AvgIpc) is 2.73.